The van der Waals surface area contributed by atoms with E-state index in [1.807, 2.05) is 0 Å². The van der Waals surface area contributed by atoms with Crippen molar-refractivity contribution in [2.45, 2.75) is 114 Å². The molecule has 0 bridgehead atoms. The van der Waals surface area contributed by atoms with Crippen LogP contribution in [0.4, 0.5) is 0 Å². The SMILES string of the molecule is OCCCCCCCCCCC(Br)CCCCCCCCCO. The molecule has 0 saturated heterocycles. The molecule has 140 valence electrons. The van der Waals surface area contributed by atoms with Gasteiger partial charge in [0.05, 0.1) is 0 Å². The number of unbranched alkanes of at least 4 members (excludes halogenated alkanes) is 13. The lowest BCUT2D eigenvalue weighted by molar-refractivity contribution is 0.282. The van der Waals surface area contributed by atoms with E-state index in [1.165, 1.54) is 96.3 Å². The molecule has 0 saturated carbocycles. The zero-order valence-corrected chi connectivity index (χ0v) is 16.9. The van der Waals surface area contributed by atoms with Gasteiger partial charge in [-0.1, -0.05) is 99.4 Å². The number of halogens is 1. The molecule has 1 unspecified atom stereocenters. The summed E-state index contributed by atoms with van der Waals surface area (Å²) in [6.07, 6.45) is 21.9. The van der Waals surface area contributed by atoms with Gasteiger partial charge in [-0.3, -0.25) is 0 Å². The maximum atomic E-state index is 8.72. The molecule has 1 atom stereocenters. The molecule has 0 heterocycles. The maximum absolute atomic E-state index is 8.72. The Morgan fingerprint density at radius 3 is 1.00 bits per heavy atom. The second-order valence-corrected chi connectivity index (χ2v) is 8.22. The van der Waals surface area contributed by atoms with Crippen LogP contribution in [0.5, 0.6) is 0 Å². The van der Waals surface area contributed by atoms with Crippen molar-refractivity contribution in [1.82, 2.24) is 0 Å². The number of aliphatic hydroxyl groups is 2. The number of aliphatic hydroxyl groups excluding tert-OH is 2. The van der Waals surface area contributed by atoms with Gasteiger partial charge in [0.15, 0.2) is 0 Å². The summed E-state index contributed by atoms with van der Waals surface area (Å²) in [4.78, 5) is 0.724. The molecular formula is C20H41BrO2. The van der Waals surface area contributed by atoms with Crippen molar-refractivity contribution in [2.24, 2.45) is 0 Å². The molecule has 0 aliphatic rings. The fourth-order valence-corrected chi connectivity index (χ4v) is 3.69. The lowest BCUT2D eigenvalue weighted by Crippen LogP contribution is -1.98. The third-order valence-electron chi connectivity index (χ3n) is 4.60. The van der Waals surface area contributed by atoms with Gasteiger partial charge in [0.2, 0.25) is 0 Å². The maximum Gasteiger partial charge on any atom is 0.0431 e. The van der Waals surface area contributed by atoms with E-state index in [0.29, 0.717) is 13.2 Å². The first-order chi connectivity index (χ1) is 11.3. The minimum atomic E-state index is 0.356. The second kappa shape index (κ2) is 20.4. The van der Waals surface area contributed by atoms with Gasteiger partial charge in [-0.25, -0.2) is 0 Å². The Balaban J connectivity index is 3.11. The zero-order valence-electron chi connectivity index (χ0n) is 15.3. The Kier molecular flexibility index (Phi) is 20.8. The summed E-state index contributed by atoms with van der Waals surface area (Å²) in [7, 11) is 0. The van der Waals surface area contributed by atoms with E-state index >= 15 is 0 Å². The van der Waals surface area contributed by atoms with Crippen LogP contribution >= 0.6 is 15.9 Å². The summed E-state index contributed by atoms with van der Waals surface area (Å²) in [5.41, 5.74) is 0. The van der Waals surface area contributed by atoms with Crippen LogP contribution < -0.4 is 0 Å². The van der Waals surface area contributed by atoms with Crippen molar-refractivity contribution in [3.8, 4) is 0 Å². The van der Waals surface area contributed by atoms with E-state index < -0.39 is 0 Å². The number of hydrogen-bond donors (Lipinski definition) is 2. The molecule has 0 aromatic carbocycles. The summed E-state index contributed by atoms with van der Waals surface area (Å²) in [6, 6.07) is 0. The van der Waals surface area contributed by atoms with Crippen LogP contribution in [0.25, 0.3) is 0 Å². The third kappa shape index (κ3) is 20.4. The standard InChI is InChI=1S/C20H41BrO2/c21-20(17-13-9-5-3-7-11-15-19-23)16-12-8-4-1-2-6-10-14-18-22/h20,22-23H,1-19H2. The molecule has 3 heteroatoms. The summed E-state index contributed by atoms with van der Waals surface area (Å²) in [6.45, 7) is 0.714. The van der Waals surface area contributed by atoms with Crippen LogP contribution in [0.1, 0.15) is 109 Å². The molecule has 2 nitrogen and oxygen atoms in total. The molecule has 0 rings (SSSR count). The summed E-state index contributed by atoms with van der Waals surface area (Å²) >= 11 is 3.84. The van der Waals surface area contributed by atoms with Crippen molar-refractivity contribution in [1.29, 1.82) is 0 Å². The number of rotatable bonds is 19. The largest absolute Gasteiger partial charge is 0.396 e. The van der Waals surface area contributed by atoms with Crippen molar-refractivity contribution >= 4 is 15.9 Å². The van der Waals surface area contributed by atoms with E-state index in [1.54, 1.807) is 0 Å². The fraction of sp³-hybridized carbons (Fsp3) is 1.00. The van der Waals surface area contributed by atoms with E-state index in [2.05, 4.69) is 15.9 Å². The molecular weight excluding hydrogens is 352 g/mol. The number of hydrogen-bond acceptors (Lipinski definition) is 2. The number of alkyl halides is 1. The van der Waals surface area contributed by atoms with Crippen LogP contribution in [0.3, 0.4) is 0 Å². The van der Waals surface area contributed by atoms with Gasteiger partial charge < -0.3 is 10.2 Å². The molecule has 0 aliphatic carbocycles. The first kappa shape index (κ1) is 23.4. The summed E-state index contributed by atoms with van der Waals surface area (Å²) < 4.78 is 0. The zero-order chi connectivity index (χ0) is 17.0. The molecule has 0 radical (unpaired) electrons. The lowest BCUT2D eigenvalue weighted by Gasteiger charge is -2.09. The Morgan fingerprint density at radius 2 is 0.696 bits per heavy atom. The van der Waals surface area contributed by atoms with Gasteiger partial charge in [-0.05, 0) is 25.7 Å². The topological polar surface area (TPSA) is 40.5 Å². The second-order valence-electron chi connectivity index (χ2n) is 6.93. The van der Waals surface area contributed by atoms with Crippen LogP contribution in [0.15, 0.2) is 0 Å². The van der Waals surface area contributed by atoms with E-state index in [9.17, 15) is 0 Å². The van der Waals surface area contributed by atoms with Crippen molar-refractivity contribution < 1.29 is 10.2 Å². The van der Waals surface area contributed by atoms with Crippen molar-refractivity contribution in [3.63, 3.8) is 0 Å². The summed E-state index contributed by atoms with van der Waals surface area (Å²) in [5, 5.41) is 17.4. The molecule has 0 aromatic heterocycles. The minimum Gasteiger partial charge on any atom is -0.396 e. The Morgan fingerprint density at radius 1 is 0.435 bits per heavy atom. The molecule has 0 amide bonds. The lowest BCUT2D eigenvalue weighted by atomic mass is 10.0. The van der Waals surface area contributed by atoms with Gasteiger partial charge in [-0.15, -0.1) is 0 Å². The van der Waals surface area contributed by atoms with Gasteiger partial charge >= 0.3 is 0 Å². The molecule has 0 aromatic rings. The fourth-order valence-electron chi connectivity index (χ4n) is 3.04. The predicted molar refractivity (Wildman–Crippen MR) is 105 cm³/mol. The Hall–Kier alpha value is 0.400. The first-order valence-electron chi connectivity index (χ1n) is 10.2. The quantitative estimate of drug-likeness (QED) is 0.198. The van der Waals surface area contributed by atoms with E-state index in [4.69, 9.17) is 10.2 Å². The highest BCUT2D eigenvalue weighted by molar-refractivity contribution is 9.09. The van der Waals surface area contributed by atoms with Gasteiger partial charge in [-0.2, -0.15) is 0 Å². The summed E-state index contributed by atoms with van der Waals surface area (Å²) in [5.74, 6) is 0. The van der Waals surface area contributed by atoms with Gasteiger partial charge in [0.1, 0.15) is 0 Å². The highest BCUT2D eigenvalue weighted by atomic mass is 79.9. The van der Waals surface area contributed by atoms with Crippen LogP contribution in [0.2, 0.25) is 0 Å². The predicted octanol–water partition coefficient (Wildman–Crippen LogP) is 6.37. The minimum absolute atomic E-state index is 0.356. The normalized spacial score (nSPS) is 12.7. The van der Waals surface area contributed by atoms with Crippen molar-refractivity contribution in [2.75, 3.05) is 13.2 Å². The highest BCUT2D eigenvalue weighted by Crippen LogP contribution is 2.19. The Bertz CT molecular complexity index is 212. The van der Waals surface area contributed by atoms with Crippen LogP contribution in [-0.4, -0.2) is 28.3 Å². The van der Waals surface area contributed by atoms with Crippen molar-refractivity contribution in [3.05, 3.63) is 0 Å². The van der Waals surface area contributed by atoms with Gasteiger partial charge in [0.25, 0.3) is 0 Å². The van der Waals surface area contributed by atoms with E-state index in [0.717, 1.165) is 17.7 Å². The first-order valence-corrected chi connectivity index (χ1v) is 11.1. The molecule has 0 fully saturated rings. The van der Waals surface area contributed by atoms with E-state index in [-0.39, 0.29) is 0 Å². The molecule has 0 spiro atoms. The monoisotopic (exact) mass is 392 g/mol. The third-order valence-corrected chi connectivity index (χ3v) is 5.52. The van der Waals surface area contributed by atoms with Gasteiger partial charge in [0, 0.05) is 18.0 Å². The molecule has 23 heavy (non-hydrogen) atoms. The molecule has 0 aliphatic heterocycles. The van der Waals surface area contributed by atoms with Crippen LogP contribution in [0, 0.1) is 0 Å². The Labute approximate surface area is 153 Å². The molecule has 2 N–H and O–H groups in total. The van der Waals surface area contributed by atoms with Crippen LogP contribution in [-0.2, 0) is 0 Å². The average Bonchev–Trinajstić information content (AvgIpc) is 2.56. The smallest absolute Gasteiger partial charge is 0.0431 e. The highest BCUT2D eigenvalue weighted by Gasteiger charge is 2.03. The average molecular weight is 393 g/mol.